The minimum Gasteiger partial charge on any atom is -0.322 e. The van der Waals surface area contributed by atoms with E-state index in [-0.39, 0.29) is 17.1 Å². The van der Waals surface area contributed by atoms with Crippen molar-refractivity contribution in [3.63, 3.8) is 0 Å². The molecule has 110 valence electrons. The molecule has 0 bridgehead atoms. The Balaban J connectivity index is 2.76. The molecule has 0 spiro atoms. The highest BCUT2D eigenvalue weighted by Crippen LogP contribution is 2.17. The maximum atomic E-state index is 13.9. The summed E-state index contributed by atoms with van der Waals surface area (Å²) in [6.45, 7) is 1.62. The lowest BCUT2D eigenvalue weighted by Gasteiger charge is -2.12. The zero-order chi connectivity index (χ0) is 15.6. The van der Waals surface area contributed by atoms with Crippen molar-refractivity contribution in [3.8, 4) is 5.69 Å². The number of hydrogen-bond acceptors (Lipinski definition) is 6. The maximum absolute atomic E-state index is 13.9. The van der Waals surface area contributed by atoms with Gasteiger partial charge in [-0.1, -0.05) is 12.1 Å². The number of amides is 1. The Morgan fingerprint density at radius 1 is 1.38 bits per heavy atom. The van der Waals surface area contributed by atoms with E-state index in [0.717, 1.165) is 10.7 Å². The summed E-state index contributed by atoms with van der Waals surface area (Å²) in [7, 11) is 0. The van der Waals surface area contributed by atoms with Crippen molar-refractivity contribution in [2.45, 2.75) is 6.92 Å². The molecule has 1 aromatic carbocycles. The van der Waals surface area contributed by atoms with E-state index in [9.17, 15) is 14.0 Å². The molecule has 8 nitrogen and oxygen atoms in total. The Labute approximate surface area is 118 Å². The van der Waals surface area contributed by atoms with E-state index in [2.05, 4.69) is 10.5 Å². The van der Waals surface area contributed by atoms with Gasteiger partial charge >= 0.3 is 0 Å². The van der Waals surface area contributed by atoms with E-state index in [4.69, 9.17) is 11.7 Å². The number of carbonyl (C=O) groups is 1. The van der Waals surface area contributed by atoms with Crippen LogP contribution in [0.15, 0.2) is 29.1 Å². The Morgan fingerprint density at radius 3 is 2.67 bits per heavy atom. The van der Waals surface area contributed by atoms with Crippen LogP contribution in [0.4, 0.5) is 10.1 Å². The highest BCUT2D eigenvalue weighted by molar-refractivity contribution is 5.96. The number of nitrogens with one attached hydrogen (secondary N) is 2. The SMILES string of the molecule is Cc1cccc(F)c1-n1nc(C(=O)NN)c(NN)cc1=O. The first-order valence-corrected chi connectivity index (χ1v) is 5.87. The molecule has 1 amide bonds. The van der Waals surface area contributed by atoms with Crippen molar-refractivity contribution in [2.75, 3.05) is 5.43 Å². The Hall–Kier alpha value is -2.78. The third-order valence-electron chi connectivity index (χ3n) is 2.83. The number of nitrogens with two attached hydrogens (primary N) is 2. The van der Waals surface area contributed by atoms with E-state index in [1.807, 2.05) is 5.43 Å². The Bertz CT molecular complexity index is 738. The predicted octanol–water partition coefficient (Wildman–Crippen LogP) is -0.431. The summed E-state index contributed by atoms with van der Waals surface area (Å²) >= 11 is 0. The summed E-state index contributed by atoms with van der Waals surface area (Å²) in [6.07, 6.45) is 0. The minimum absolute atomic E-state index is 0.0202. The number of benzene rings is 1. The molecule has 2 rings (SSSR count). The van der Waals surface area contributed by atoms with Gasteiger partial charge in [-0.2, -0.15) is 9.78 Å². The van der Waals surface area contributed by atoms with Crippen LogP contribution in [0.5, 0.6) is 0 Å². The highest BCUT2D eigenvalue weighted by Gasteiger charge is 2.18. The van der Waals surface area contributed by atoms with Gasteiger partial charge in [0.2, 0.25) is 0 Å². The number of nitrogen functional groups attached to an aromatic ring is 2. The van der Waals surface area contributed by atoms with Gasteiger partial charge in [-0.05, 0) is 18.6 Å². The van der Waals surface area contributed by atoms with Crippen LogP contribution < -0.4 is 28.1 Å². The van der Waals surface area contributed by atoms with Crippen LogP contribution in [0.25, 0.3) is 5.69 Å². The summed E-state index contributed by atoms with van der Waals surface area (Å²) in [5.74, 6) is 8.86. The number of aryl methyl sites for hydroxylation is 1. The molecule has 9 heteroatoms. The third-order valence-corrected chi connectivity index (χ3v) is 2.83. The molecule has 0 saturated heterocycles. The van der Waals surface area contributed by atoms with Gasteiger partial charge in [-0.15, -0.1) is 0 Å². The second-order valence-corrected chi connectivity index (χ2v) is 4.18. The molecule has 0 aliphatic carbocycles. The fourth-order valence-corrected chi connectivity index (χ4v) is 1.85. The Kier molecular flexibility index (Phi) is 3.96. The van der Waals surface area contributed by atoms with Gasteiger partial charge in [0, 0.05) is 6.07 Å². The fraction of sp³-hybridized carbons (Fsp3) is 0.0833. The molecular weight excluding hydrogens is 279 g/mol. The highest BCUT2D eigenvalue weighted by atomic mass is 19.1. The molecule has 0 aliphatic heterocycles. The number of hydrogen-bond donors (Lipinski definition) is 4. The first kappa shape index (κ1) is 14.6. The topological polar surface area (TPSA) is 128 Å². The van der Waals surface area contributed by atoms with Gasteiger partial charge in [0.15, 0.2) is 5.69 Å². The van der Waals surface area contributed by atoms with E-state index < -0.39 is 17.3 Å². The van der Waals surface area contributed by atoms with Gasteiger partial charge in [0.25, 0.3) is 11.5 Å². The number of hydrazine groups is 2. The quantitative estimate of drug-likeness (QED) is 0.345. The minimum atomic E-state index is -0.773. The van der Waals surface area contributed by atoms with Gasteiger partial charge in [0.05, 0.1) is 5.69 Å². The molecule has 1 aromatic heterocycles. The van der Waals surface area contributed by atoms with Gasteiger partial charge in [-0.3, -0.25) is 20.9 Å². The van der Waals surface area contributed by atoms with Crippen LogP contribution in [-0.4, -0.2) is 15.7 Å². The zero-order valence-electron chi connectivity index (χ0n) is 11.1. The molecule has 0 aliphatic rings. The smallest absolute Gasteiger partial charge is 0.287 e. The standard InChI is InChI=1S/C12H13FN6O2/c1-6-3-2-4-7(13)11(6)19-9(20)5-8(16-14)10(18-19)12(21)17-15/h2-5,16H,14-15H2,1H3,(H,17,21). The van der Waals surface area contributed by atoms with E-state index >= 15 is 0 Å². The van der Waals surface area contributed by atoms with Crippen molar-refractivity contribution in [1.82, 2.24) is 15.2 Å². The van der Waals surface area contributed by atoms with Crippen LogP contribution in [0.2, 0.25) is 0 Å². The lowest BCUT2D eigenvalue weighted by molar-refractivity contribution is 0.0947. The first-order valence-electron chi connectivity index (χ1n) is 5.87. The van der Waals surface area contributed by atoms with Crippen molar-refractivity contribution in [2.24, 2.45) is 11.7 Å². The van der Waals surface area contributed by atoms with E-state index in [1.54, 1.807) is 13.0 Å². The van der Waals surface area contributed by atoms with Crippen molar-refractivity contribution >= 4 is 11.6 Å². The van der Waals surface area contributed by atoms with E-state index in [0.29, 0.717) is 5.56 Å². The lowest BCUT2D eigenvalue weighted by atomic mass is 10.2. The lowest BCUT2D eigenvalue weighted by Crippen LogP contribution is -2.35. The normalized spacial score (nSPS) is 10.3. The molecule has 2 aromatic rings. The number of para-hydroxylation sites is 1. The van der Waals surface area contributed by atoms with Crippen molar-refractivity contribution in [3.05, 3.63) is 51.7 Å². The Morgan fingerprint density at radius 2 is 2.10 bits per heavy atom. The number of nitrogens with zero attached hydrogens (tertiary/aromatic N) is 2. The second-order valence-electron chi connectivity index (χ2n) is 4.18. The molecule has 21 heavy (non-hydrogen) atoms. The number of carbonyl (C=O) groups excluding carboxylic acids is 1. The molecule has 0 atom stereocenters. The molecule has 0 fully saturated rings. The van der Waals surface area contributed by atoms with Gasteiger partial charge < -0.3 is 5.43 Å². The predicted molar refractivity (Wildman–Crippen MR) is 74.0 cm³/mol. The van der Waals surface area contributed by atoms with Gasteiger partial charge in [0.1, 0.15) is 11.5 Å². The number of anilines is 1. The summed E-state index contributed by atoms with van der Waals surface area (Å²) in [4.78, 5) is 23.7. The van der Waals surface area contributed by atoms with Crippen molar-refractivity contribution < 1.29 is 9.18 Å². The zero-order valence-corrected chi connectivity index (χ0v) is 11.1. The van der Waals surface area contributed by atoms with Gasteiger partial charge in [-0.25, -0.2) is 10.2 Å². The molecule has 0 radical (unpaired) electrons. The molecular formula is C12H13FN6O2. The van der Waals surface area contributed by atoms with Crippen LogP contribution >= 0.6 is 0 Å². The van der Waals surface area contributed by atoms with E-state index in [1.165, 1.54) is 12.1 Å². The number of rotatable bonds is 3. The second kappa shape index (κ2) is 5.69. The molecule has 0 saturated carbocycles. The average Bonchev–Trinajstić information content (AvgIpc) is 2.47. The molecule has 6 N–H and O–H groups in total. The number of halogens is 1. The van der Waals surface area contributed by atoms with Crippen LogP contribution in [0, 0.1) is 12.7 Å². The number of aromatic nitrogens is 2. The largest absolute Gasteiger partial charge is 0.322 e. The summed E-state index contributed by atoms with van der Waals surface area (Å²) in [5, 5.41) is 3.84. The summed E-state index contributed by atoms with van der Waals surface area (Å²) in [5.41, 5.74) is 3.59. The van der Waals surface area contributed by atoms with Crippen LogP contribution in [0.1, 0.15) is 16.1 Å². The van der Waals surface area contributed by atoms with Crippen molar-refractivity contribution in [1.29, 1.82) is 0 Å². The first-order chi connectivity index (χ1) is 9.99. The summed E-state index contributed by atoms with van der Waals surface area (Å²) in [6, 6.07) is 5.34. The molecule has 1 heterocycles. The fourth-order valence-electron chi connectivity index (χ4n) is 1.85. The summed E-state index contributed by atoms with van der Waals surface area (Å²) < 4.78 is 14.7. The van der Waals surface area contributed by atoms with Crippen LogP contribution in [-0.2, 0) is 0 Å². The third kappa shape index (κ3) is 2.59. The molecule has 0 unspecified atom stereocenters. The maximum Gasteiger partial charge on any atom is 0.287 e. The monoisotopic (exact) mass is 292 g/mol. The van der Waals surface area contributed by atoms with Crippen LogP contribution in [0.3, 0.4) is 0 Å². The average molecular weight is 292 g/mol.